The Morgan fingerprint density at radius 1 is 1.33 bits per heavy atom. The van der Waals surface area contributed by atoms with Crippen LogP contribution in [-0.2, 0) is 11.3 Å². The molecule has 0 saturated carbocycles. The maximum Gasteiger partial charge on any atom is 0.227 e. The highest BCUT2D eigenvalue weighted by Gasteiger charge is 2.44. The molecule has 1 atom stereocenters. The van der Waals surface area contributed by atoms with Crippen molar-refractivity contribution in [1.82, 2.24) is 14.7 Å². The van der Waals surface area contributed by atoms with Gasteiger partial charge in [-0.25, -0.2) is 0 Å². The van der Waals surface area contributed by atoms with E-state index >= 15 is 0 Å². The van der Waals surface area contributed by atoms with Gasteiger partial charge in [-0.15, -0.1) is 0 Å². The molecule has 1 amide bonds. The topological polar surface area (TPSA) is 64.4 Å². The number of hydrogen-bond donors (Lipinski definition) is 0. The summed E-state index contributed by atoms with van der Waals surface area (Å²) in [4.78, 5) is 27.3. The van der Waals surface area contributed by atoms with Crippen molar-refractivity contribution in [2.45, 2.75) is 45.3 Å². The molecule has 1 aromatic carbocycles. The summed E-state index contributed by atoms with van der Waals surface area (Å²) in [5, 5.41) is 4.18. The minimum atomic E-state index is -0.471. The number of aromatic nitrogens is 2. The second-order valence-corrected chi connectivity index (χ2v) is 7.84. The Balaban J connectivity index is 1.40. The molecule has 0 unspecified atom stereocenters. The Morgan fingerprint density at radius 3 is 2.81 bits per heavy atom. The maximum atomic E-state index is 12.8. The Kier molecular flexibility index (Phi) is 4.50. The molecule has 0 aliphatic carbocycles. The lowest BCUT2D eigenvalue weighted by Crippen LogP contribution is -2.53. The number of piperidine rings is 1. The van der Waals surface area contributed by atoms with Crippen molar-refractivity contribution in [3.63, 3.8) is 0 Å². The third kappa shape index (κ3) is 3.48. The van der Waals surface area contributed by atoms with Crippen molar-refractivity contribution >= 4 is 11.7 Å². The zero-order chi connectivity index (χ0) is 19.0. The van der Waals surface area contributed by atoms with Crippen LogP contribution in [0.3, 0.4) is 0 Å². The van der Waals surface area contributed by atoms with Gasteiger partial charge in [0.25, 0.3) is 0 Å². The van der Waals surface area contributed by atoms with E-state index in [4.69, 9.17) is 4.74 Å². The minimum absolute atomic E-state index is 0.128. The Hall–Kier alpha value is -2.63. The number of carbonyl (C=O) groups is 2. The maximum absolute atomic E-state index is 12.8. The normalized spacial score (nSPS) is 19.5. The SMILES string of the molecule is Cc1ccc2c(c1)C(=O)CC1(CCN(C(=O)[C@H](C)Cn3cccn3)CC1)O2. The molecule has 6 nitrogen and oxygen atoms in total. The fraction of sp³-hybridized carbons (Fsp3) is 0.476. The molecule has 0 N–H and O–H groups in total. The first-order valence-electron chi connectivity index (χ1n) is 9.55. The van der Waals surface area contributed by atoms with Crippen LogP contribution in [0.4, 0.5) is 0 Å². The van der Waals surface area contributed by atoms with E-state index in [1.54, 1.807) is 10.9 Å². The van der Waals surface area contributed by atoms with Crippen molar-refractivity contribution in [1.29, 1.82) is 0 Å². The van der Waals surface area contributed by atoms with Crippen LogP contribution in [0.5, 0.6) is 5.75 Å². The molecule has 1 saturated heterocycles. The summed E-state index contributed by atoms with van der Waals surface area (Å²) in [6.45, 7) is 5.74. The molecule has 4 rings (SSSR count). The van der Waals surface area contributed by atoms with E-state index in [9.17, 15) is 9.59 Å². The molecule has 0 radical (unpaired) electrons. The number of likely N-dealkylation sites (tertiary alicyclic amines) is 1. The van der Waals surface area contributed by atoms with Crippen LogP contribution in [-0.4, -0.2) is 45.1 Å². The Morgan fingerprint density at radius 2 is 2.11 bits per heavy atom. The van der Waals surface area contributed by atoms with Gasteiger partial charge in [-0.2, -0.15) is 5.10 Å². The van der Waals surface area contributed by atoms with Gasteiger partial charge in [-0.05, 0) is 25.1 Å². The van der Waals surface area contributed by atoms with Crippen LogP contribution in [0, 0.1) is 12.8 Å². The number of ether oxygens (including phenoxy) is 1. The average Bonchev–Trinajstić information content (AvgIpc) is 3.15. The largest absolute Gasteiger partial charge is 0.486 e. The van der Waals surface area contributed by atoms with Crippen LogP contribution in [0.15, 0.2) is 36.7 Å². The van der Waals surface area contributed by atoms with Crippen molar-refractivity contribution in [3.05, 3.63) is 47.8 Å². The van der Waals surface area contributed by atoms with E-state index in [0.29, 0.717) is 50.2 Å². The van der Waals surface area contributed by atoms with E-state index in [-0.39, 0.29) is 17.6 Å². The summed E-state index contributed by atoms with van der Waals surface area (Å²) in [5.41, 5.74) is 1.28. The van der Waals surface area contributed by atoms with Crippen molar-refractivity contribution in [3.8, 4) is 5.75 Å². The third-order valence-corrected chi connectivity index (χ3v) is 5.67. The van der Waals surface area contributed by atoms with E-state index in [2.05, 4.69) is 5.10 Å². The fourth-order valence-electron chi connectivity index (χ4n) is 4.10. The number of Topliss-reactive ketones (excluding diaryl/α,β-unsaturated/α-hetero) is 1. The average molecular weight is 367 g/mol. The van der Waals surface area contributed by atoms with Gasteiger partial charge < -0.3 is 9.64 Å². The molecular weight excluding hydrogens is 342 g/mol. The van der Waals surface area contributed by atoms with E-state index < -0.39 is 5.60 Å². The monoisotopic (exact) mass is 367 g/mol. The van der Waals surface area contributed by atoms with Gasteiger partial charge in [0.15, 0.2) is 5.78 Å². The number of amides is 1. The van der Waals surface area contributed by atoms with Crippen molar-refractivity contribution in [2.75, 3.05) is 13.1 Å². The summed E-state index contributed by atoms with van der Waals surface area (Å²) in [6.07, 6.45) is 5.36. The molecule has 0 bridgehead atoms. The zero-order valence-electron chi connectivity index (χ0n) is 15.9. The van der Waals surface area contributed by atoms with Crippen LogP contribution in [0.25, 0.3) is 0 Å². The number of benzene rings is 1. The summed E-state index contributed by atoms with van der Waals surface area (Å²) in [6, 6.07) is 7.63. The number of rotatable bonds is 3. The highest BCUT2D eigenvalue weighted by Crippen LogP contribution is 2.39. The van der Waals surface area contributed by atoms with Gasteiger partial charge in [-0.3, -0.25) is 14.3 Å². The molecule has 1 aromatic heterocycles. The Labute approximate surface area is 159 Å². The summed E-state index contributed by atoms with van der Waals surface area (Å²) < 4.78 is 8.07. The fourth-order valence-corrected chi connectivity index (χ4v) is 4.10. The molecule has 27 heavy (non-hydrogen) atoms. The van der Waals surface area contributed by atoms with Gasteiger partial charge in [0, 0.05) is 38.3 Å². The predicted octanol–water partition coefficient (Wildman–Crippen LogP) is 2.85. The smallest absolute Gasteiger partial charge is 0.227 e. The highest BCUT2D eigenvalue weighted by molar-refractivity contribution is 6.00. The van der Waals surface area contributed by atoms with Crippen LogP contribution in [0.1, 0.15) is 42.1 Å². The number of fused-ring (bicyclic) bond motifs is 1. The first-order chi connectivity index (χ1) is 13.0. The number of carbonyl (C=O) groups excluding carboxylic acids is 2. The predicted molar refractivity (Wildman–Crippen MR) is 101 cm³/mol. The summed E-state index contributed by atoms with van der Waals surface area (Å²) >= 11 is 0. The van der Waals surface area contributed by atoms with Gasteiger partial charge in [0.2, 0.25) is 5.91 Å². The molecule has 1 spiro atoms. The third-order valence-electron chi connectivity index (χ3n) is 5.67. The number of aryl methyl sites for hydroxylation is 1. The lowest BCUT2D eigenvalue weighted by molar-refractivity contribution is -0.139. The van der Waals surface area contributed by atoms with E-state index in [1.807, 2.05) is 49.2 Å². The molecule has 142 valence electrons. The molecule has 2 aromatic rings. The number of nitrogens with zero attached hydrogens (tertiary/aromatic N) is 3. The van der Waals surface area contributed by atoms with Gasteiger partial charge in [0.1, 0.15) is 11.4 Å². The van der Waals surface area contributed by atoms with E-state index in [1.165, 1.54) is 0 Å². The van der Waals surface area contributed by atoms with E-state index in [0.717, 1.165) is 5.56 Å². The molecule has 2 aliphatic heterocycles. The molecule has 1 fully saturated rings. The first kappa shape index (κ1) is 17.8. The van der Waals surface area contributed by atoms with Crippen LogP contribution >= 0.6 is 0 Å². The highest BCUT2D eigenvalue weighted by atomic mass is 16.5. The molecule has 3 heterocycles. The van der Waals surface area contributed by atoms with Gasteiger partial charge >= 0.3 is 0 Å². The number of ketones is 1. The second-order valence-electron chi connectivity index (χ2n) is 7.84. The lowest BCUT2D eigenvalue weighted by Gasteiger charge is -2.44. The van der Waals surface area contributed by atoms with Crippen LogP contribution in [0.2, 0.25) is 0 Å². The molecule has 2 aliphatic rings. The van der Waals surface area contributed by atoms with Crippen LogP contribution < -0.4 is 4.74 Å². The summed E-state index contributed by atoms with van der Waals surface area (Å²) in [7, 11) is 0. The van der Waals surface area contributed by atoms with Gasteiger partial charge in [-0.1, -0.05) is 18.6 Å². The quantitative estimate of drug-likeness (QED) is 0.837. The van der Waals surface area contributed by atoms with Gasteiger partial charge in [0.05, 0.1) is 24.4 Å². The Bertz CT molecular complexity index is 852. The zero-order valence-corrected chi connectivity index (χ0v) is 15.9. The lowest BCUT2D eigenvalue weighted by atomic mass is 9.82. The number of hydrogen-bond acceptors (Lipinski definition) is 4. The van der Waals surface area contributed by atoms with Crippen molar-refractivity contribution in [2.24, 2.45) is 5.92 Å². The second kappa shape index (κ2) is 6.83. The minimum Gasteiger partial charge on any atom is -0.486 e. The standard InChI is InChI=1S/C21H25N3O3/c1-15-4-5-19-17(12-15)18(25)13-21(27-19)6-10-23(11-7-21)20(26)16(2)14-24-9-3-8-22-24/h3-5,8-9,12,16H,6-7,10-11,13-14H2,1-2H3/t16-/m1/s1. The molecular formula is C21H25N3O3. The first-order valence-corrected chi connectivity index (χ1v) is 9.55. The molecule has 6 heteroatoms. The van der Waals surface area contributed by atoms with Crippen molar-refractivity contribution < 1.29 is 14.3 Å². The summed E-state index contributed by atoms with van der Waals surface area (Å²) in [5.74, 6) is 0.838.